The van der Waals surface area contributed by atoms with Gasteiger partial charge in [0.1, 0.15) is 0 Å². The Morgan fingerprint density at radius 3 is 2.60 bits per heavy atom. The van der Waals surface area contributed by atoms with Crippen LogP contribution < -0.4 is 16.4 Å². The number of hydrogen-bond donors (Lipinski definition) is 3. The number of amides is 4. The van der Waals surface area contributed by atoms with Gasteiger partial charge >= 0.3 is 6.03 Å². The van der Waals surface area contributed by atoms with Gasteiger partial charge in [-0.05, 0) is 30.7 Å². The Bertz CT molecular complexity index is 511. The number of carbonyl (C=O) groups is 3. The Labute approximate surface area is 116 Å². The zero-order valence-corrected chi connectivity index (χ0v) is 10.9. The van der Waals surface area contributed by atoms with Gasteiger partial charge < -0.3 is 16.4 Å². The summed E-state index contributed by atoms with van der Waals surface area (Å²) in [6, 6.07) is 6.43. The molecular formula is C13H16N4O3. The van der Waals surface area contributed by atoms with Crippen molar-refractivity contribution in [3.8, 4) is 0 Å². The molecule has 0 aromatic heterocycles. The Morgan fingerprint density at radius 1 is 1.30 bits per heavy atom. The highest BCUT2D eigenvalue weighted by Gasteiger charge is 2.27. The fourth-order valence-electron chi connectivity index (χ4n) is 1.87. The summed E-state index contributed by atoms with van der Waals surface area (Å²) in [5.41, 5.74) is 6.84. The predicted molar refractivity (Wildman–Crippen MR) is 73.8 cm³/mol. The molecule has 7 nitrogen and oxygen atoms in total. The van der Waals surface area contributed by atoms with Crippen molar-refractivity contribution in [1.29, 1.82) is 0 Å². The van der Waals surface area contributed by atoms with Crippen LogP contribution in [0.5, 0.6) is 0 Å². The minimum Gasteiger partial charge on any atom is -0.399 e. The monoisotopic (exact) mass is 276 g/mol. The number of carbonyl (C=O) groups excluding carboxylic acids is 3. The van der Waals surface area contributed by atoms with Gasteiger partial charge in [0.25, 0.3) is 0 Å². The molecule has 0 atom stereocenters. The van der Waals surface area contributed by atoms with Gasteiger partial charge in [-0.2, -0.15) is 0 Å². The van der Waals surface area contributed by atoms with Crippen LogP contribution in [0, 0.1) is 0 Å². The molecule has 1 aliphatic heterocycles. The summed E-state index contributed by atoms with van der Waals surface area (Å²) in [5.74, 6) is -0.421. The zero-order chi connectivity index (χ0) is 14.5. The van der Waals surface area contributed by atoms with E-state index in [1.54, 1.807) is 24.3 Å². The molecule has 0 saturated carbocycles. The van der Waals surface area contributed by atoms with Gasteiger partial charge in [-0.3, -0.25) is 14.5 Å². The second-order valence-corrected chi connectivity index (χ2v) is 4.48. The second kappa shape index (κ2) is 6.05. The highest BCUT2D eigenvalue weighted by Crippen LogP contribution is 2.11. The number of hydrogen-bond acceptors (Lipinski definition) is 4. The van der Waals surface area contributed by atoms with Gasteiger partial charge in [0.15, 0.2) is 0 Å². The molecule has 2 rings (SSSR count). The van der Waals surface area contributed by atoms with Crippen molar-refractivity contribution >= 4 is 29.2 Å². The Morgan fingerprint density at radius 2 is 2.00 bits per heavy atom. The number of anilines is 2. The summed E-state index contributed by atoms with van der Waals surface area (Å²) in [6.45, 7) is 0.288. The highest BCUT2D eigenvalue weighted by molar-refractivity contribution is 6.02. The maximum atomic E-state index is 11.7. The van der Waals surface area contributed by atoms with Crippen LogP contribution in [0.2, 0.25) is 0 Å². The third-order valence-electron chi connectivity index (χ3n) is 2.92. The third-order valence-corrected chi connectivity index (χ3v) is 2.92. The number of nitrogens with one attached hydrogen (secondary N) is 2. The van der Waals surface area contributed by atoms with Gasteiger partial charge in [0.2, 0.25) is 11.8 Å². The van der Waals surface area contributed by atoms with Crippen LogP contribution >= 0.6 is 0 Å². The SMILES string of the molecule is Nc1ccc(NC(=O)CCCN2C(=O)CNC2=O)cc1. The normalized spacial score (nSPS) is 14.3. The van der Waals surface area contributed by atoms with Crippen molar-refractivity contribution < 1.29 is 14.4 Å². The van der Waals surface area contributed by atoms with E-state index in [1.807, 2.05) is 0 Å². The zero-order valence-electron chi connectivity index (χ0n) is 10.9. The van der Waals surface area contributed by atoms with E-state index in [-0.39, 0.29) is 31.3 Å². The number of urea groups is 1. The molecule has 4 N–H and O–H groups in total. The van der Waals surface area contributed by atoms with Gasteiger partial charge in [-0.15, -0.1) is 0 Å². The first-order valence-corrected chi connectivity index (χ1v) is 6.30. The van der Waals surface area contributed by atoms with Crippen LogP contribution in [0.15, 0.2) is 24.3 Å². The molecule has 1 aromatic rings. The Hall–Kier alpha value is -2.57. The molecule has 1 aromatic carbocycles. The molecule has 0 bridgehead atoms. The molecule has 20 heavy (non-hydrogen) atoms. The van der Waals surface area contributed by atoms with E-state index in [0.717, 1.165) is 4.90 Å². The van der Waals surface area contributed by atoms with Gasteiger partial charge in [0.05, 0.1) is 6.54 Å². The largest absolute Gasteiger partial charge is 0.399 e. The van der Waals surface area contributed by atoms with Crippen molar-refractivity contribution in [2.24, 2.45) is 0 Å². The van der Waals surface area contributed by atoms with E-state index in [9.17, 15) is 14.4 Å². The fraction of sp³-hybridized carbons (Fsp3) is 0.308. The van der Waals surface area contributed by atoms with E-state index in [2.05, 4.69) is 10.6 Å². The molecule has 1 heterocycles. The molecule has 0 spiro atoms. The van der Waals surface area contributed by atoms with Crippen LogP contribution in [0.3, 0.4) is 0 Å². The van der Waals surface area contributed by atoms with Crippen molar-refractivity contribution in [2.45, 2.75) is 12.8 Å². The Kier molecular flexibility index (Phi) is 4.19. The topological polar surface area (TPSA) is 105 Å². The predicted octanol–water partition coefficient (Wildman–Crippen LogP) is 0.539. The first kappa shape index (κ1) is 13.9. The summed E-state index contributed by atoms with van der Waals surface area (Å²) >= 11 is 0. The number of nitrogen functional groups attached to an aromatic ring is 1. The van der Waals surface area contributed by atoms with Crippen LogP contribution in [-0.2, 0) is 9.59 Å². The molecule has 0 radical (unpaired) electrons. The number of nitrogens with zero attached hydrogens (tertiary/aromatic N) is 1. The molecule has 106 valence electrons. The number of nitrogens with two attached hydrogens (primary N) is 1. The summed E-state index contributed by atoms with van der Waals surface area (Å²) in [5, 5.41) is 5.15. The standard InChI is InChI=1S/C13H16N4O3/c14-9-3-5-10(6-4-9)16-11(18)2-1-7-17-12(19)8-15-13(17)20/h3-6H,1-2,7-8,14H2,(H,15,20)(H,16,18). The number of benzene rings is 1. The summed E-state index contributed by atoms with van der Waals surface area (Å²) in [7, 11) is 0. The summed E-state index contributed by atoms with van der Waals surface area (Å²) in [4.78, 5) is 35.4. The van der Waals surface area contributed by atoms with Gasteiger partial charge in [-0.25, -0.2) is 4.79 Å². The third kappa shape index (κ3) is 3.47. The van der Waals surface area contributed by atoms with Crippen molar-refractivity contribution in [3.63, 3.8) is 0 Å². The van der Waals surface area contributed by atoms with E-state index >= 15 is 0 Å². The number of imide groups is 1. The fourth-order valence-corrected chi connectivity index (χ4v) is 1.87. The average Bonchev–Trinajstić information content (AvgIpc) is 2.73. The minimum absolute atomic E-state index is 0.0382. The van der Waals surface area contributed by atoms with E-state index in [0.29, 0.717) is 17.8 Å². The molecule has 7 heteroatoms. The lowest BCUT2D eigenvalue weighted by molar-refractivity contribution is -0.125. The van der Waals surface area contributed by atoms with E-state index < -0.39 is 6.03 Å². The lowest BCUT2D eigenvalue weighted by Crippen LogP contribution is -2.32. The number of rotatable bonds is 5. The van der Waals surface area contributed by atoms with E-state index in [1.165, 1.54) is 0 Å². The quantitative estimate of drug-likeness (QED) is 0.539. The average molecular weight is 276 g/mol. The summed E-state index contributed by atoms with van der Waals surface area (Å²) < 4.78 is 0. The molecule has 0 aliphatic carbocycles. The lowest BCUT2D eigenvalue weighted by atomic mass is 10.2. The molecule has 1 saturated heterocycles. The van der Waals surface area contributed by atoms with Crippen LogP contribution in [0.4, 0.5) is 16.2 Å². The first-order chi connectivity index (χ1) is 9.56. The summed E-state index contributed by atoms with van der Waals surface area (Å²) in [6.07, 6.45) is 0.668. The molecule has 0 unspecified atom stereocenters. The lowest BCUT2D eigenvalue weighted by Gasteiger charge is -2.11. The maximum absolute atomic E-state index is 11.7. The molecule has 1 aliphatic rings. The van der Waals surface area contributed by atoms with Gasteiger partial charge in [-0.1, -0.05) is 0 Å². The van der Waals surface area contributed by atoms with Crippen molar-refractivity contribution in [1.82, 2.24) is 10.2 Å². The smallest absolute Gasteiger partial charge is 0.324 e. The van der Waals surface area contributed by atoms with E-state index in [4.69, 9.17) is 5.73 Å². The first-order valence-electron chi connectivity index (χ1n) is 6.30. The van der Waals surface area contributed by atoms with Gasteiger partial charge in [0, 0.05) is 24.3 Å². The van der Waals surface area contributed by atoms with Crippen LogP contribution in [-0.4, -0.2) is 35.8 Å². The van der Waals surface area contributed by atoms with Crippen LogP contribution in [0.1, 0.15) is 12.8 Å². The highest BCUT2D eigenvalue weighted by atomic mass is 16.2. The molecule has 4 amide bonds. The second-order valence-electron chi connectivity index (χ2n) is 4.48. The molecular weight excluding hydrogens is 260 g/mol. The molecule has 1 fully saturated rings. The Balaban J connectivity index is 1.74. The minimum atomic E-state index is -0.394. The van der Waals surface area contributed by atoms with Crippen LogP contribution in [0.25, 0.3) is 0 Å². The maximum Gasteiger partial charge on any atom is 0.324 e. The van der Waals surface area contributed by atoms with Crippen molar-refractivity contribution in [3.05, 3.63) is 24.3 Å². The van der Waals surface area contributed by atoms with Crippen molar-refractivity contribution in [2.75, 3.05) is 24.1 Å².